The molecule has 0 aromatic heterocycles. The molecule has 0 bridgehead atoms. The van der Waals surface area contributed by atoms with Gasteiger partial charge in [-0.05, 0) is 36.9 Å². The highest BCUT2D eigenvalue weighted by atomic mass is 19.3. The lowest BCUT2D eigenvalue weighted by atomic mass is 10.2. The summed E-state index contributed by atoms with van der Waals surface area (Å²) in [7, 11) is 1.79. The third-order valence-corrected chi connectivity index (χ3v) is 3.53. The van der Waals surface area contributed by atoms with Crippen LogP contribution in [0.3, 0.4) is 0 Å². The molecule has 2 aromatic rings. The molecule has 5 nitrogen and oxygen atoms in total. The number of likely N-dealkylation sites (N-methyl/N-ethyl adjacent to an activating group) is 1. The minimum Gasteiger partial charge on any atom is -0.490 e. The first-order valence-electron chi connectivity index (χ1n) is 8.33. The molecular formula is C20H22F2N2O3. The van der Waals surface area contributed by atoms with Crippen LogP contribution < -0.4 is 14.8 Å². The predicted molar refractivity (Wildman–Crippen MR) is 100 cm³/mol. The van der Waals surface area contributed by atoms with Gasteiger partial charge in [-0.1, -0.05) is 36.9 Å². The highest BCUT2D eigenvalue weighted by molar-refractivity contribution is 5.93. The number of ether oxygens (including phenoxy) is 2. The van der Waals surface area contributed by atoms with Crippen LogP contribution in [-0.2, 0) is 11.3 Å². The van der Waals surface area contributed by atoms with E-state index < -0.39 is 6.61 Å². The maximum atomic E-state index is 12.4. The van der Waals surface area contributed by atoms with Crippen molar-refractivity contribution in [3.8, 4) is 11.5 Å². The molecule has 0 radical (unpaired) electrons. The summed E-state index contributed by atoms with van der Waals surface area (Å²) in [6, 6.07) is 13.6. The quantitative estimate of drug-likeness (QED) is 0.639. The second-order valence-electron chi connectivity index (χ2n) is 5.84. The van der Waals surface area contributed by atoms with Gasteiger partial charge in [-0.2, -0.15) is 8.78 Å². The van der Waals surface area contributed by atoms with Crippen molar-refractivity contribution in [1.82, 2.24) is 4.90 Å². The Morgan fingerprint density at radius 2 is 1.93 bits per heavy atom. The lowest BCUT2D eigenvalue weighted by Crippen LogP contribution is -2.30. The molecule has 0 saturated carbocycles. The number of para-hydroxylation sites is 2. The van der Waals surface area contributed by atoms with Gasteiger partial charge < -0.3 is 14.8 Å². The Morgan fingerprint density at radius 3 is 2.59 bits per heavy atom. The zero-order valence-electron chi connectivity index (χ0n) is 15.0. The summed E-state index contributed by atoms with van der Waals surface area (Å²) in [5.41, 5.74) is 1.22. The maximum absolute atomic E-state index is 12.4. The highest BCUT2D eigenvalue weighted by Crippen LogP contribution is 2.25. The van der Waals surface area contributed by atoms with Gasteiger partial charge in [0, 0.05) is 6.54 Å². The molecule has 7 heteroatoms. The normalized spacial score (nSPS) is 10.7. The fourth-order valence-electron chi connectivity index (χ4n) is 2.42. The molecule has 1 N–H and O–H groups in total. The Bertz CT molecular complexity index is 751. The number of hydrogen-bond donors (Lipinski definition) is 1. The molecule has 0 heterocycles. The van der Waals surface area contributed by atoms with Gasteiger partial charge in [0.15, 0.2) is 0 Å². The molecule has 0 aliphatic rings. The van der Waals surface area contributed by atoms with E-state index in [-0.39, 0.29) is 23.9 Å². The molecule has 0 spiro atoms. The molecule has 0 unspecified atom stereocenters. The van der Waals surface area contributed by atoms with Crippen molar-refractivity contribution in [2.45, 2.75) is 13.2 Å². The maximum Gasteiger partial charge on any atom is 0.387 e. The summed E-state index contributed by atoms with van der Waals surface area (Å²) >= 11 is 0. The number of rotatable bonds is 10. The second-order valence-corrected chi connectivity index (χ2v) is 5.84. The van der Waals surface area contributed by atoms with Gasteiger partial charge in [0.25, 0.3) is 0 Å². The van der Waals surface area contributed by atoms with Crippen molar-refractivity contribution >= 4 is 11.6 Å². The molecule has 144 valence electrons. The van der Waals surface area contributed by atoms with Crippen LogP contribution in [-0.4, -0.2) is 37.6 Å². The average molecular weight is 376 g/mol. The fraction of sp³-hybridized carbons (Fsp3) is 0.250. The number of hydrogen-bond acceptors (Lipinski definition) is 4. The molecule has 0 atom stereocenters. The van der Waals surface area contributed by atoms with Crippen LogP contribution in [0.15, 0.2) is 61.2 Å². The number of nitrogens with one attached hydrogen (secondary N) is 1. The number of amides is 1. The number of carbonyl (C=O) groups excluding carboxylic acids is 1. The lowest BCUT2D eigenvalue weighted by Gasteiger charge is -2.17. The van der Waals surface area contributed by atoms with Crippen LogP contribution in [0.1, 0.15) is 5.56 Å². The molecule has 1 amide bonds. The molecule has 0 aliphatic heterocycles. The molecule has 2 aromatic carbocycles. The highest BCUT2D eigenvalue weighted by Gasteiger charge is 2.13. The second kappa shape index (κ2) is 10.3. The van der Waals surface area contributed by atoms with Crippen molar-refractivity contribution in [2.24, 2.45) is 0 Å². The van der Waals surface area contributed by atoms with E-state index in [2.05, 4.69) is 16.6 Å². The van der Waals surface area contributed by atoms with Gasteiger partial charge >= 0.3 is 6.61 Å². The van der Waals surface area contributed by atoms with Crippen molar-refractivity contribution in [3.05, 3.63) is 66.7 Å². The van der Waals surface area contributed by atoms with Crippen LogP contribution in [0.2, 0.25) is 0 Å². The van der Waals surface area contributed by atoms with Crippen molar-refractivity contribution in [2.75, 3.05) is 25.5 Å². The standard InChI is InChI=1S/C20H22F2N2O3/c1-3-12-26-16-10-8-15(9-11-16)13-24(2)14-19(25)23-17-6-4-5-7-18(17)27-20(21)22/h3-11,20H,1,12-14H2,2H3,(H,23,25). The van der Waals surface area contributed by atoms with E-state index in [0.717, 1.165) is 11.3 Å². The van der Waals surface area contributed by atoms with Crippen molar-refractivity contribution < 1.29 is 23.0 Å². The Labute approximate surface area is 157 Å². The molecular weight excluding hydrogens is 354 g/mol. The van der Waals surface area contributed by atoms with Gasteiger partial charge in [-0.3, -0.25) is 9.69 Å². The number of benzene rings is 2. The molecule has 0 fully saturated rings. The van der Waals surface area contributed by atoms with Crippen molar-refractivity contribution in [1.29, 1.82) is 0 Å². The summed E-state index contributed by atoms with van der Waals surface area (Å²) in [6.45, 7) is 1.72. The summed E-state index contributed by atoms with van der Waals surface area (Å²) in [5, 5.41) is 2.60. The molecule has 0 aliphatic carbocycles. The number of alkyl halides is 2. The van der Waals surface area contributed by atoms with E-state index in [1.54, 1.807) is 25.3 Å². The number of halogens is 2. The van der Waals surface area contributed by atoms with Gasteiger partial charge in [0.2, 0.25) is 5.91 Å². The first-order chi connectivity index (χ1) is 13.0. The molecule has 27 heavy (non-hydrogen) atoms. The van der Waals surface area contributed by atoms with E-state index in [9.17, 15) is 13.6 Å². The van der Waals surface area contributed by atoms with E-state index in [4.69, 9.17) is 4.74 Å². The van der Waals surface area contributed by atoms with Crippen LogP contribution >= 0.6 is 0 Å². The monoisotopic (exact) mass is 376 g/mol. The van der Waals surface area contributed by atoms with Crippen LogP contribution in [0.4, 0.5) is 14.5 Å². The fourth-order valence-corrected chi connectivity index (χ4v) is 2.42. The number of anilines is 1. The first-order valence-corrected chi connectivity index (χ1v) is 8.33. The zero-order chi connectivity index (χ0) is 19.6. The van der Waals surface area contributed by atoms with Gasteiger partial charge in [-0.15, -0.1) is 0 Å². The molecule has 2 rings (SSSR count). The first kappa shape index (κ1) is 20.4. The Hall–Kier alpha value is -2.93. The third-order valence-electron chi connectivity index (χ3n) is 3.53. The minimum atomic E-state index is -2.95. The largest absolute Gasteiger partial charge is 0.490 e. The van der Waals surface area contributed by atoms with E-state index in [1.807, 2.05) is 29.2 Å². The van der Waals surface area contributed by atoms with Gasteiger partial charge in [0.1, 0.15) is 18.1 Å². The topological polar surface area (TPSA) is 50.8 Å². The smallest absolute Gasteiger partial charge is 0.387 e. The number of carbonyl (C=O) groups is 1. The Kier molecular flexibility index (Phi) is 7.76. The number of nitrogens with zero attached hydrogens (tertiary/aromatic N) is 1. The van der Waals surface area contributed by atoms with Gasteiger partial charge in [0.05, 0.1) is 12.2 Å². The zero-order valence-corrected chi connectivity index (χ0v) is 15.0. The summed E-state index contributed by atoms with van der Waals surface area (Å²) < 4.78 is 34.7. The van der Waals surface area contributed by atoms with Gasteiger partial charge in [-0.25, -0.2) is 0 Å². The average Bonchev–Trinajstić information content (AvgIpc) is 2.62. The Balaban J connectivity index is 1.87. The van der Waals surface area contributed by atoms with Crippen molar-refractivity contribution in [3.63, 3.8) is 0 Å². The van der Waals surface area contributed by atoms with E-state index in [1.165, 1.54) is 12.1 Å². The van der Waals surface area contributed by atoms with Crippen LogP contribution in [0.5, 0.6) is 11.5 Å². The summed E-state index contributed by atoms with van der Waals surface area (Å²) in [6.07, 6.45) is 1.67. The van der Waals surface area contributed by atoms with Crippen LogP contribution in [0, 0.1) is 0 Å². The molecule has 0 saturated heterocycles. The summed E-state index contributed by atoms with van der Waals surface area (Å²) in [4.78, 5) is 14.0. The van der Waals surface area contributed by atoms with E-state index >= 15 is 0 Å². The minimum absolute atomic E-state index is 0.0707. The third kappa shape index (κ3) is 7.07. The predicted octanol–water partition coefficient (Wildman–Crippen LogP) is 3.92. The Morgan fingerprint density at radius 1 is 1.22 bits per heavy atom. The SMILES string of the molecule is C=CCOc1ccc(CN(C)CC(=O)Nc2ccccc2OC(F)F)cc1. The van der Waals surface area contributed by atoms with E-state index in [0.29, 0.717) is 13.2 Å². The lowest BCUT2D eigenvalue weighted by molar-refractivity contribution is -0.117. The summed E-state index contributed by atoms with van der Waals surface area (Å²) in [5.74, 6) is 0.349. The van der Waals surface area contributed by atoms with Crippen LogP contribution in [0.25, 0.3) is 0 Å².